The Morgan fingerprint density at radius 1 is 1.06 bits per heavy atom. The van der Waals surface area contributed by atoms with E-state index in [0.29, 0.717) is 23.5 Å². The lowest BCUT2D eigenvalue weighted by atomic mass is 9.55. The maximum atomic E-state index is 10.4. The lowest BCUT2D eigenvalue weighted by Gasteiger charge is -2.51. The predicted molar refractivity (Wildman–Crippen MR) is 111 cm³/mol. The fraction of sp³-hybridized carbons (Fsp3) is 0.750. The summed E-state index contributed by atoms with van der Waals surface area (Å²) in [7, 11) is 0. The van der Waals surface area contributed by atoms with Crippen molar-refractivity contribution in [2.24, 2.45) is 17.3 Å². The zero-order valence-electron chi connectivity index (χ0n) is 17.9. The van der Waals surface area contributed by atoms with Crippen LogP contribution in [0.25, 0.3) is 0 Å². The molecule has 1 aromatic carbocycles. The van der Waals surface area contributed by atoms with Crippen molar-refractivity contribution in [3.63, 3.8) is 0 Å². The molecule has 7 nitrogen and oxygen atoms in total. The van der Waals surface area contributed by atoms with Crippen molar-refractivity contribution in [1.82, 2.24) is 0 Å². The number of hydrogen-bond donors (Lipinski definition) is 5. The lowest BCUT2D eigenvalue weighted by Crippen LogP contribution is -2.60. The average Bonchev–Trinajstić information content (AvgIpc) is 3.09. The van der Waals surface area contributed by atoms with E-state index in [4.69, 9.17) is 9.47 Å². The summed E-state index contributed by atoms with van der Waals surface area (Å²) in [5, 5.41) is 49.9. The molecule has 3 fully saturated rings. The summed E-state index contributed by atoms with van der Waals surface area (Å²) in [5.74, 6) is 1.92. The highest BCUT2D eigenvalue weighted by molar-refractivity contribution is 5.40. The number of phenols is 1. The quantitative estimate of drug-likeness (QED) is 0.488. The highest BCUT2D eigenvalue weighted by Gasteiger charge is 2.57. The molecular weight excluding hydrogens is 400 g/mol. The maximum Gasteiger partial charge on any atom is 0.186 e. The molecule has 0 amide bonds. The van der Waals surface area contributed by atoms with Crippen molar-refractivity contribution in [2.75, 3.05) is 6.61 Å². The van der Waals surface area contributed by atoms with Crippen LogP contribution >= 0.6 is 0 Å². The van der Waals surface area contributed by atoms with E-state index in [9.17, 15) is 25.5 Å². The number of aliphatic hydroxyl groups is 4. The molecule has 31 heavy (non-hydrogen) atoms. The van der Waals surface area contributed by atoms with Gasteiger partial charge in [-0.15, -0.1) is 0 Å². The number of aryl methyl sites for hydroxylation is 1. The summed E-state index contributed by atoms with van der Waals surface area (Å²) in [5.41, 5.74) is 2.61. The number of aliphatic hydroxyl groups excluding tert-OH is 4. The summed E-state index contributed by atoms with van der Waals surface area (Å²) in [6.45, 7) is 1.83. The van der Waals surface area contributed by atoms with Gasteiger partial charge in [-0.05, 0) is 85.0 Å². The fourth-order valence-electron chi connectivity index (χ4n) is 7.09. The molecule has 5 N–H and O–H groups in total. The monoisotopic (exact) mass is 434 g/mol. The van der Waals surface area contributed by atoms with Gasteiger partial charge in [-0.3, -0.25) is 0 Å². The minimum absolute atomic E-state index is 0.0472. The first-order valence-corrected chi connectivity index (χ1v) is 11.6. The molecule has 5 rings (SSSR count). The van der Waals surface area contributed by atoms with Crippen molar-refractivity contribution in [1.29, 1.82) is 0 Å². The summed E-state index contributed by atoms with van der Waals surface area (Å²) in [6, 6.07) is 5.81. The van der Waals surface area contributed by atoms with Crippen LogP contribution in [0.2, 0.25) is 0 Å². The Kier molecular flexibility index (Phi) is 5.56. The number of aromatic hydroxyl groups is 1. The van der Waals surface area contributed by atoms with E-state index >= 15 is 0 Å². The van der Waals surface area contributed by atoms with E-state index < -0.39 is 37.3 Å². The first kappa shape index (κ1) is 21.6. The van der Waals surface area contributed by atoms with Gasteiger partial charge in [0.15, 0.2) is 6.29 Å². The molecule has 2 saturated carbocycles. The average molecular weight is 435 g/mol. The first-order chi connectivity index (χ1) is 14.8. The van der Waals surface area contributed by atoms with Gasteiger partial charge in [0, 0.05) is 0 Å². The van der Waals surface area contributed by atoms with Crippen LogP contribution in [0.1, 0.15) is 56.1 Å². The second-order valence-electron chi connectivity index (χ2n) is 10.2. The second kappa shape index (κ2) is 7.97. The summed E-state index contributed by atoms with van der Waals surface area (Å²) < 4.78 is 11.9. The maximum absolute atomic E-state index is 10.4. The van der Waals surface area contributed by atoms with Crippen molar-refractivity contribution < 1.29 is 35.0 Å². The number of benzene rings is 1. The molecule has 0 bridgehead atoms. The summed E-state index contributed by atoms with van der Waals surface area (Å²) in [4.78, 5) is 0. The Balaban J connectivity index is 1.33. The van der Waals surface area contributed by atoms with Crippen LogP contribution < -0.4 is 0 Å². The van der Waals surface area contributed by atoms with Crippen molar-refractivity contribution in [2.45, 2.75) is 88.2 Å². The zero-order valence-corrected chi connectivity index (χ0v) is 17.9. The highest BCUT2D eigenvalue weighted by atomic mass is 16.7. The highest BCUT2D eigenvalue weighted by Crippen LogP contribution is 2.61. The molecule has 3 aliphatic carbocycles. The Bertz CT molecular complexity index is 813. The van der Waals surface area contributed by atoms with Crippen LogP contribution in [-0.2, 0) is 15.9 Å². The van der Waals surface area contributed by atoms with Gasteiger partial charge >= 0.3 is 0 Å². The van der Waals surface area contributed by atoms with Gasteiger partial charge in [0.1, 0.15) is 30.2 Å². The van der Waals surface area contributed by atoms with Crippen LogP contribution in [-0.4, -0.2) is 68.9 Å². The van der Waals surface area contributed by atoms with Crippen LogP contribution in [0.4, 0.5) is 0 Å². The van der Waals surface area contributed by atoms with Gasteiger partial charge in [-0.1, -0.05) is 13.0 Å². The number of rotatable bonds is 3. The summed E-state index contributed by atoms with van der Waals surface area (Å²) in [6.07, 6.45) is -0.206. The van der Waals surface area contributed by atoms with E-state index in [1.54, 1.807) is 6.07 Å². The summed E-state index contributed by atoms with van der Waals surface area (Å²) >= 11 is 0. The second-order valence-corrected chi connectivity index (χ2v) is 10.2. The van der Waals surface area contributed by atoms with Crippen molar-refractivity contribution >= 4 is 0 Å². The van der Waals surface area contributed by atoms with Crippen LogP contribution in [0.3, 0.4) is 0 Å². The third kappa shape index (κ3) is 3.41. The molecule has 4 aliphatic rings. The Hall–Kier alpha value is -1.22. The molecule has 7 heteroatoms. The number of fused-ring (bicyclic) bond motifs is 5. The predicted octanol–water partition coefficient (Wildman–Crippen LogP) is 1.43. The van der Waals surface area contributed by atoms with Gasteiger partial charge in [0.05, 0.1) is 12.7 Å². The molecule has 1 aromatic rings. The first-order valence-electron chi connectivity index (χ1n) is 11.6. The normalized spacial score (nSPS) is 46.8. The lowest BCUT2D eigenvalue weighted by molar-refractivity contribution is -0.319. The van der Waals surface area contributed by atoms with E-state index in [1.807, 2.05) is 6.07 Å². The molecule has 1 aliphatic heterocycles. The van der Waals surface area contributed by atoms with Crippen molar-refractivity contribution in [3.8, 4) is 5.75 Å². The molecular formula is C24H34O7. The molecule has 0 radical (unpaired) electrons. The molecule has 3 unspecified atom stereocenters. The third-order valence-corrected chi connectivity index (χ3v) is 8.77. The van der Waals surface area contributed by atoms with Crippen molar-refractivity contribution in [3.05, 3.63) is 29.3 Å². The van der Waals surface area contributed by atoms with Gasteiger partial charge in [-0.25, -0.2) is 0 Å². The molecule has 1 saturated heterocycles. The molecule has 1 heterocycles. The smallest absolute Gasteiger partial charge is 0.186 e. The minimum Gasteiger partial charge on any atom is -0.508 e. The third-order valence-electron chi connectivity index (χ3n) is 8.77. The zero-order chi connectivity index (χ0) is 21.9. The minimum atomic E-state index is -1.41. The standard InChI is InChI=1S/C24H34O7/c1-24-9-8-15-14-5-3-13(26)10-12(14)2-4-16(15)17(24)6-7-19(24)31-23-22(29)21(28)20(27)18(11-25)30-23/h3,5,10,15-23,25-29H,2,4,6-9,11H2,1H3/t15?,16?,17?,18-,19+,20-,21+,22-,23+,24+/m1/s1. The SMILES string of the molecule is C[C@]12CCC3c4ccc(O)cc4CCC3C1CC[C@@H]2O[C@@H]1O[C@H](CO)[C@@H](O)[C@H](O)[C@H]1O. The molecule has 172 valence electrons. The largest absolute Gasteiger partial charge is 0.508 e. The van der Waals surface area contributed by atoms with Gasteiger partial charge in [0.2, 0.25) is 0 Å². The van der Waals surface area contributed by atoms with Crippen LogP contribution in [0.15, 0.2) is 18.2 Å². The van der Waals surface area contributed by atoms with Crippen LogP contribution in [0, 0.1) is 17.3 Å². The molecule has 10 atom stereocenters. The van der Waals surface area contributed by atoms with Crippen LogP contribution in [0.5, 0.6) is 5.75 Å². The fourth-order valence-corrected chi connectivity index (χ4v) is 7.09. The topological polar surface area (TPSA) is 120 Å². The Morgan fingerprint density at radius 3 is 2.65 bits per heavy atom. The van der Waals surface area contributed by atoms with E-state index in [-0.39, 0.29) is 11.5 Å². The van der Waals surface area contributed by atoms with E-state index in [0.717, 1.165) is 38.5 Å². The van der Waals surface area contributed by atoms with E-state index in [1.165, 1.54) is 11.1 Å². The van der Waals surface area contributed by atoms with Gasteiger partial charge < -0.3 is 35.0 Å². The molecule has 0 spiro atoms. The number of ether oxygens (including phenoxy) is 2. The van der Waals surface area contributed by atoms with Gasteiger partial charge in [0.25, 0.3) is 0 Å². The number of phenolic OH excluding ortho intramolecular Hbond substituents is 1. The number of hydrogen-bond acceptors (Lipinski definition) is 7. The Labute approximate surface area is 182 Å². The van der Waals surface area contributed by atoms with Gasteiger partial charge in [-0.2, -0.15) is 0 Å². The Morgan fingerprint density at radius 2 is 1.87 bits per heavy atom. The molecule has 0 aromatic heterocycles. The van der Waals surface area contributed by atoms with E-state index in [2.05, 4.69) is 13.0 Å².